The van der Waals surface area contributed by atoms with Crippen molar-refractivity contribution in [3.63, 3.8) is 0 Å². The Labute approximate surface area is 147 Å². The topological polar surface area (TPSA) is 3.24 Å². The van der Waals surface area contributed by atoms with Crippen LogP contribution in [0, 0.1) is 5.92 Å². The molecule has 0 aromatic rings. The molecule has 1 nitrogen and oxygen atoms in total. The van der Waals surface area contributed by atoms with Crippen LogP contribution in [-0.2, 0) is 0 Å². The molecule has 0 heterocycles. The molecule has 0 rings (SSSR count). The summed E-state index contributed by atoms with van der Waals surface area (Å²) in [4.78, 5) is 2.30. The van der Waals surface area contributed by atoms with E-state index in [0.29, 0.717) is 0 Å². The zero-order valence-corrected chi connectivity index (χ0v) is 16.5. The van der Waals surface area contributed by atoms with Crippen LogP contribution in [-0.4, -0.2) is 25.5 Å². The summed E-state index contributed by atoms with van der Waals surface area (Å²) in [5.41, 5.74) is 0. The van der Waals surface area contributed by atoms with Crippen molar-refractivity contribution in [1.82, 2.24) is 4.90 Å². The van der Waals surface area contributed by atoms with Crippen molar-refractivity contribution in [3.8, 4) is 0 Å². The van der Waals surface area contributed by atoms with Crippen LogP contribution in [0.15, 0.2) is 24.3 Å². The fourth-order valence-electron chi connectivity index (χ4n) is 2.78. The molecule has 0 aliphatic carbocycles. The third kappa shape index (κ3) is 19.4. The maximum atomic E-state index is 2.41. The number of allylic oxidation sites excluding steroid dienone is 4. The Morgan fingerprint density at radius 1 is 0.739 bits per heavy atom. The molecule has 0 saturated carbocycles. The van der Waals surface area contributed by atoms with Gasteiger partial charge in [0.05, 0.1) is 0 Å². The fourth-order valence-corrected chi connectivity index (χ4v) is 2.78. The quantitative estimate of drug-likeness (QED) is 0.218. The predicted octanol–water partition coefficient (Wildman–Crippen LogP) is 7.00. The van der Waals surface area contributed by atoms with E-state index in [4.69, 9.17) is 0 Å². The first kappa shape index (κ1) is 22.4. The van der Waals surface area contributed by atoms with Crippen LogP contribution in [0.2, 0.25) is 0 Å². The Kier molecular flexibility index (Phi) is 17.4. The van der Waals surface area contributed by atoms with Crippen LogP contribution in [0.4, 0.5) is 0 Å². The Morgan fingerprint density at radius 3 is 1.91 bits per heavy atom. The molecule has 0 aromatic heterocycles. The van der Waals surface area contributed by atoms with Crippen molar-refractivity contribution < 1.29 is 0 Å². The smallest absolute Gasteiger partial charge is 0.00223 e. The largest absolute Gasteiger partial charge is 0.309 e. The summed E-state index contributed by atoms with van der Waals surface area (Å²) >= 11 is 0. The Balaban J connectivity index is 3.21. The number of hydrogen-bond donors (Lipinski definition) is 0. The van der Waals surface area contributed by atoms with E-state index >= 15 is 0 Å². The van der Waals surface area contributed by atoms with Crippen molar-refractivity contribution in [3.05, 3.63) is 24.3 Å². The van der Waals surface area contributed by atoms with Gasteiger partial charge in [0.1, 0.15) is 0 Å². The van der Waals surface area contributed by atoms with Gasteiger partial charge < -0.3 is 4.90 Å². The van der Waals surface area contributed by atoms with E-state index in [1.165, 1.54) is 83.6 Å². The number of unbranched alkanes of at least 4 members (excludes halogenated alkanes) is 8. The molecule has 0 aliphatic heterocycles. The van der Waals surface area contributed by atoms with Gasteiger partial charge in [0, 0.05) is 0 Å². The lowest BCUT2D eigenvalue weighted by molar-refractivity contribution is 0.346. The highest BCUT2D eigenvalue weighted by molar-refractivity contribution is 5.02. The minimum absolute atomic E-state index is 0.899. The van der Waals surface area contributed by atoms with Crippen molar-refractivity contribution >= 4 is 0 Å². The fraction of sp³-hybridized carbons (Fsp3) is 0.818. The average Bonchev–Trinajstić information content (AvgIpc) is 2.53. The zero-order valence-electron chi connectivity index (χ0n) is 16.5. The van der Waals surface area contributed by atoms with Crippen molar-refractivity contribution in [1.29, 1.82) is 0 Å². The SMILES string of the molecule is CCC/C=C/C=C/CCCCCCCCCC(C)CCN(C)C. The molecule has 0 radical (unpaired) electrons. The first-order chi connectivity index (χ1) is 11.2. The molecule has 1 unspecified atom stereocenters. The third-order valence-electron chi connectivity index (χ3n) is 4.48. The summed E-state index contributed by atoms with van der Waals surface area (Å²) in [6.45, 7) is 5.87. The lowest BCUT2D eigenvalue weighted by Crippen LogP contribution is -2.15. The maximum absolute atomic E-state index is 2.41. The van der Waals surface area contributed by atoms with Gasteiger partial charge in [0.15, 0.2) is 0 Å². The standard InChI is InChI=1S/C22H43N/c1-5-6-7-8-9-10-11-12-13-14-15-16-17-18-19-22(2)20-21-23(3)4/h7-10,22H,5-6,11-21H2,1-4H3/b8-7+,10-9+. The van der Waals surface area contributed by atoms with Crippen molar-refractivity contribution in [2.75, 3.05) is 20.6 Å². The molecule has 0 saturated heterocycles. The van der Waals surface area contributed by atoms with Crippen LogP contribution in [0.25, 0.3) is 0 Å². The molecule has 23 heavy (non-hydrogen) atoms. The summed E-state index contributed by atoms with van der Waals surface area (Å²) in [5.74, 6) is 0.899. The lowest BCUT2D eigenvalue weighted by atomic mass is 9.98. The first-order valence-electron chi connectivity index (χ1n) is 10.1. The van der Waals surface area contributed by atoms with E-state index in [0.717, 1.165) is 5.92 Å². The van der Waals surface area contributed by atoms with Crippen LogP contribution >= 0.6 is 0 Å². The van der Waals surface area contributed by atoms with Gasteiger partial charge in [0.25, 0.3) is 0 Å². The second-order valence-corrected chi connectivity index (χ2v) is 7.39. The van der Waals surface area contributed by atoms with Crippen LogP contribution < -0.4 is 0 Å². The van der Waals surface area contributed by atoms with E-state index in [1.807, 2.05) is 0 Å². The van der Waals surface area contributed by atoms with Gasteiger partial charge >= 0.3 is 0 Å². The molecular weight excluding hydrogens is 278 g/mol. The summed E-state index contributed by atoms with van der Waals surface area (Å²) in [7, 11) is 4.34. The number of rotatable bonds is 16. The zero-order chi connectivity index (χ0) is 17.2. The highest BCUT2D eigenvalue weighted by atomic mass is 15.0. The van der Waals surface area contributed by atoms with Crippen molar-refractivity contribution in [2.24, 2.45) is 5.92 Å². The van der Waals surface area contributed by atoms with Crippen molar-refractivity contribution in [2.45, 2.75) is 90.9 Å². The average molecular weight is 322 g/mol. The minimum Gasteiger partial charge on any atom is -0.309 e. The second-order valence-electron chi connectivity index (χ2n) is 7.39. The van der Waals surface area contributed by atoms with Gasteiger partial charge in [-0.3, -0.25) is 0 Å². The molecule has 1 heteroatoms. The highest BCUT2D eigenvalue weighted by Gasteiger charge is 2.02. The lowest BCUT2D eigenvalue weighted by Gasteiger charge is -2.14. The van der Waals surface area contributed by atoms with Gasteiger partial charge in [-0.1, -0.05) is 89.5 Å². The van der Waals surface area contributed by atoms with E-state index in [2.05, 4.69) is 57.1 Å². The molecule has 0 bridgehead atoms. The van der Waals surface area contributed by atoms with E-state index in [-0.39, 0.29) is 0 Å². The van der Waals surface area contributed by atoms with Crippen LogP contribution in [0.3, 0.4) is 0 Å². The molecule has 0 spiro atoms. The molecule has 0 aliphatic rings. The summed E-state index contributed by atoms with van der Waals surface area (Å²) in [6, 6.07) is 0. The summed E-state index contributed by atoms with van der Waals surface area (Å²) < 4.78 is 0. The number of nitrogens with zero attached hydrogens (tertiary/aromatic N) is 1. The monoisotopic (exact) mass is 321 g/mol. The summed E-state index contributed by atoms with van der Waals surface area (Å²) in [5, 5.41) is 0. The molecular formula is C22H43N. The van der Waals surface area contributed by atoms with Gasteiger partial charge in [0.2, 0.25) is 0 Å². The molecule has 0 N–H and O–H groups in total. The van der Waals surface area contributed by atoms with Gasteiger partial charge in [-0.05, 0) is 52.2 Å². The Hall–Kier alpha value is -0.560. The molecule has 136 valence electrons. The van der Waals surface area contributed by atoms with Gasteiger partial charge in [-0.15, -0.1) is 0 Å². The van der Waals surface area contributed by atoms with Gasteiger partial charge in [-0.25, -0.2) is 0 Å². The normalized spacial score (nSPS) is 13.6. The first-order valence-corrected chi connectivity index (χ1v) is 10.1. The minimum atomic E-state index is 0.899. The second kappa shape index (κ2) is 17.8. The molecule has 0 fully saturated rings. The predicted molar refractivity (Wildman–Crippen MR) is 107 cm³/mol. The van der Waals surface area contributed by atoms with Crippen LogP contribution in [0.1, 0.15) is 90.9 Å². The van der Waals surface area contributed by atoms with E-state index in [9.17, 15) is 0 Å². The Morgan fingerprint density at radius 2 is 1.30 bits per heavy atom. The number of hydrogen-bond acceptors (Lipinski definition) is 1. The van der Waals surface area contributed by atoms with E-state index in [1.54, 1.807) is 0 Å². The third-order valence-corrected chi connectivity index (χ3v) is 4.48. The van der Waals surface area contributed by atoms with Gasteiger partial charge in [-0.2, -0.15) is 0 Å². The molecule has 0 amide bonds. The molecule has 0 aromatic carbocycles. The summed E-state index contributed by atoms with van der Waals surface area (Å²) in [6.07, 6.45) is 25.4. The Bertz CT molecular complexity index is 278. The van der Waals surface area contributed by atoms with Crippen LogP contribution in [0.5, 0.6) is 0 Å². The van der Waals surface area contributed by atoms with E-state index < -0.39 is 0 Å². The molecule has 1 atom stereocenters. The highest BCUT2D eigenvalue weighted by Crippen LogP contribution is 2.15. The maximum Gasteiger partial charge on any atom is -0.00223 e.